The third-order valence-electron chi connectivity index (χ3n) is 4.94. The monoisotopic (exact) mass is 398 g/mol. The van der Waals surface area contributed by atoms with Gasteiger partial charge in [-0.15, -0.1) is 0 Å². The summed E-state index contributed by atoms with van der Waals surface area (Å²) in [6, 6.07) is 15.1. The summed E-state index contributed by atoms with van der Waals surface area (Å²) in [6.07, 6.45) is 0.0683. The van der Waals surface area contributed by atoms with Crippen LogP contribution in [-0.2, 0) is 20.7 Å². The molecule has 29 heavy (non-hydrogen) atoms. The lowest BCUT2D eigenvalue weighted by Crippen LogP contribution is -2.50. The molecule has 154 valence electrons. The predicted molar refractivity (Wildman–Crippen MR) is 109 cm³/mol. The molecule has 0 aliphatic carbocycles. The van der Waals surface area contributed by atoms with Crippen molar-refractivity contribution in [3.8, 4) is 11.5 Å². The van der Waals surface area contributed by atoms with Crippen LogP contribution >= 0.6 is 0 Å². The molecule has 0 spiro atoms. The Balaban J connectivity index is 1.47. The highest BCUT2D eigenvalue weighted by atomic mass is 16.5. The molecule has 2 aromatic rings. The molecule has 0 N–H and O–H groups in total. The van der Waals surface area contributed by atoms with Crippen LogP contribution in [0.2, 0.25) is 0 Å². The van der Waals surface area contributed by atoms with Crippen molar-refractivity contribution in [2.75, 3.05) is 51.9 Å². The molecule has 1 heterocycles. The van der Waals surface area contributed by atoms with E-state index in [9.17, 15) is 9.59 Å². The molecular weight excluding hydrogens is 372 g/mol. The molecule has 1 saturated heterocycles. The number of amides is 1. The van der Waals surface area contributed by atoms with E-state index in [0.717, 1.165) is 17.0 Å². The minimum atomic E-state index is -0.449. The van der Waals surface area contributed by atoms with Crippen molar-refractivity contribution in [3.05, 3.63) is 54.1 Å². The van der Waals surface area contributed by atoms with Crippen LogP contribution in [0.25, 0.3) is 0 Å². The highest BCUT2D eigenvalue weighted by molar-refractivity contribution is 5.82. The lowest BCUT2D eigenvalue weighted by molar-refractivity contribution is -0.151. The van der Waals surface area contributed by atoms with Crippen molar-refractivity contribution in [3.63, 3.8) is 0 Å². The zero-order valence-corrected chi connectivity index (χ0v) is 16.8. The lowest BCUT2D eigenvalue weighted by Gasteiger charge is -2.36. The van der Waals surface area contributed by atoms with Crippen LogP contribution in [0, 0.1) is 0 Å². The van der Waals surface area contributed by atoms with Crippen LogP contribution in [0.4, 0.5) is 5.69 Å². The van der Waals surface area contributed by atoms with Gasteiger partial charge >= 0.3 is 5.97 Å². The van der Waals surface area contributed by atoms with E-state index in [1.54, 1.807) is 31.3 Å². The summed E-state index contributed by atoms with van der Waals surface area (Å²) < 4.78 is 15.8. The fourth-order valence-corrected chi connectivity index (χ4v) is 3.38. The summed E-state index contributed by atoms with van der Waals surface area (Å²) in [7, 11) is 3.20. The lowest BCUT2D eigenvalue weighted by atomic mass is 10.1. The Hall–Kier alpha value is -3.22. The van der Waals surface area contributed by atoms with Crippen molar-refractivity contribution >= 4 is 17.6 Å². The molecule has 1 aliphatic rings. The van der Waals surface area contributed by atoms with Gasteiger partial charge in [-0.3, -0.25) is 9.59 Å². The quantitative estimate of drug-likeness (QED) is 0.666. The third kappa shape index (κ3) is 5.19. The number of esters is 1. The summed E-state index contributed by atoms with van der Waals surface area (Å²) in [5, 5.41) is 0. The maximum absolute atomic E-state index is 12.4. The van der Waals surface area contributed by atoms with Gasteiger partial charge in [-0.25, -0.2) is 0 Å². The number of anilines is 1. The van der Waals surface area contributed by atoms with E-state index in [0.29, 0.717) is 31.9 Å². The van der Waals surface area contributed by atoms with E-state index in [2.05, 4.69) is 4.90 Å². The summed E-state index contributed by atoms with van der Waals surface area (Å²) in [6.45, 7) is 2.28. The van der Waals surface area contributed by atoms with Crippen LogP contribution in [-0.4, -0.2) is 63.8 Å². The Labute approximate surface area is 170 Å². The Morgan fingerprint density at radius 2 is 1.48 bits per heavy atom. The fourth-order valence-electron chi connectivity index (χ4n) is 3.38. The molecule has 7 nitrogen and oxygen atoms in total. The first-order valence-electron chi connectivity index (χ1n) is 9.55. The molecule has 1 amide bonds. The van der Waals surface area contributed by atoms with Crippen LogP contribution in [0.3, 0.4) is 0 Å². The Bertz CT molecular complexity index is 847. The minimum Gasteiger partial charge on any atom is -0.496 e. The van der Waals surface area contributed by atoms with Crippen molar-refractivity contribution in [1.29, 1.82) is 0 Å². The smallest absolute Gasteiger partial charge is 0.310 e. The van der Waals surface area contributed by atoms with E-state index in [1.165, 1.54) is 0 Å². The number of rotatable bonds is 7. The SMILES string of the molecule is COc1ccccc1CC(=O)OCC(=O)N1CCN(c2ccccc2OC)CC1. The molecule has 0 atom stereocenters. The highest BCUT2D eigenvalue weighted by Crippen LogP contribution is 2.28. The van der Waals surface area contributed by atoms with E-state index in [1.807, 2.05) is 36.4 Å². The van der Waals surface area contributed by atoms with Crippen molar-refractivity contribution in [2.24, 2.45) is 0 Å². The molecule has 2 aromatic carbocycles. The number of carbonyl (C=O) groups is 2. The third-order valence-corrected chi connectivity index (χ3v) is 4.94. The Kier molecular flexibility index (Phi) is 6.94. The van der Waals surface area contributed by atoms with Crippen LogP contribution < -0.4 is 14.4 Å². The van der Waals surface area contributed by atoms with Crippen molar-refractivity contribution in [2.45, 2.75) is 6.42 Å². The second-order valence-electron chi connectivity index (χ2n) is 6.69. The summed E-state index contributed by atoms with van der Waals surface area (Å²) in [5.74, 6) is 0.814. The zero-order chi connectivity index (χ0) is 20.6. The average Bonchev–Trinajstić information content (AvgIpc) is 2.78. The molecule has 7 heteroatoms. The Morgan fingerprint density at radius 1 is 0.862 bits per heavy atom. The van der Waals surface area contributed by atoms with Crippen molar-refractivity contribution in [1.82, 2.24) is 4.90 Å². The topological polar surface area (TPSA) is 68.3 Å². The number of nitrogens with zero attached hydrogens (tertiary/aromatic N) is 2. The van der Waals surface area contributed by atoms with E-state index in [4.69, 9.17) is 14.2 Å². The predicted octanol–water partition coefficient (Wildman–Crippen LogP) is 2.14. The van der Waals surface area contributed by atoms with Gasteiger partial charge in [0.05, 0.1) is 26.3 Å². The number of carbonyl (C=O) groups excluding carboxylic acids is 2. The molecule has 1 aliphatic heterocycles. The molecule has 0 saturated carbocycles. The van der Waals surface area contributed by atoms with Gasteiger partial charge in [-0.2, -0.15) is 0 Å². The number of methoxy groups -OCH3 is 2. The van der Waals surface area contributed by atoms with Gasteiger partial charge in [-0.05, 0) is 18.2 Å². The van der Waals surface area contributed by atoms with Crippen LogP contribution in [0.1, 0.15) is 5.56 Å². The van der Waals surface area contributed by atoms with Gasteiger partial charge < -0.3 is 24.0 Å². The van der Waals surface area contributed by atoms with Gasteiger partial charge in [0.25, 0.3) is 5.91 Å². The largest absolute Gasteiger partial charge is 0.496 e. The second kappa shape index (κ2) is 9.82. The maximum atomic E-state index is 12.4. The summed E-state index contributed by atoms with van der Waals surface area (Å²) >= 11 is 0. The van der Waals surface area contributed by atoms with Crippen LogP contribution in [0.5, 0.6) is 11.5 Å². The maximum Gasteiger partial charge on any atom is 0.310 e. The molecule has 0 aromatic heterocycles. The van der Waals surface area contributed by atoms with Crippen LogP contribution in [0.15, 0.2) is 48.5 Å². The standard InChI is InChI=1S/C22H26N2O5/c1-27-19-9-5-3-7-17(19)15-22(26)29-16-21(25)24-13-11-23(12-14-24)18-8-4-6-10-20(18)28-2/h3-10H,11-16H2,1-2H3. The molecule has 0 bridgehead atoms. The van der Waals surface area contributed by atoms with Gasteiger partial charge in [0, 0.05) is 31.7 Å². The number of hydrogen-bond donors (Lipinski definition) is 0. The molecule has 0 radical (unpaired) electrons. The Morgan fingerprint density at radius 3 is 2.17 bits per heavy atom. The van der Waals surface area contributed by atoms with E-state index >= 15 is 0 Å². The minimum absolute atomic E-state index is 0.0683. The number of benzene rings is 2. The first kappa shape index (κ1) is 20.5. The van der Waals surface area contributed by atoms with Gasteiger partial charge in [0.2, 0.25) is 0 Å². The second-order valence-corrected chi connectivity index (χ2v) is 6.69. The molecule has 0 unspecified atom stereocenters. The number of piperazine rings is 1. The normalized spacial score (nSPS) is 13.7. The van der Waals surface area contributed by atoms with Gasteiger partial charge in [0.15, 0.2) is 6.61 Å². The van der Waals surface area contributed by atoms with Gasteiger partial charge in [-0.1, -0.05) is 30.3 Å². The summed E-state index contributed by atoms with van der Waals surface area (Å²) in [5.41, 5.74) is 1.75. The molecular formula is C22H26N2O5. The van der Waals surface area contributed by atoms with E-state index < -0.39 is 5.97 Å². The number of para-hydroxylation sites is 3. The number of hydrogen-bond acceptors (Lipinski definition) is 6. The van der Waals surface area contributed by atoms with E-state index in [-0.39, 0.29) is 18.9 Å². The first-order valence-corrected chi connectivity index (χ1v) is 9.55. The summed E-state index contributed by atoms with van der Waals surface area (Å²) in [4.78, 5) is 28.4. The zero-order valence-electron chi connectivity index (χ0n) is 16.8. The average molecular weight is 398 g/mol. The molecule has 3 rings (SSSR count). The first-order chi connectivity index (χ1) is 14.1. The van der Waals surface area contributed by atoms with Crippen molar-refractivity contribution < 1.29 is 23.8 Å². The van der Waals surface area contributed by atoms with Gasteiger partial charge in [0.1, 0.15) is 11.5 Å². The molecule has 1 fully saturated rings. The fraction of sp³-hybridized carbons (Fsp3) is 0.364. The highest BCUT2D eigenvalue weighted by Gasteiger charge is 2.23. The number of ether oxygens (including phenoxy) is 3.